The fourth-order valence-corrected chi connectivity index (χ4v) is 5.61. The summed E-state index contributed by atoms with van der Waals surface area (Å²) in [4.78, 5) is 28.6. The molecule has 0 aliphatic rings. The number of nitrogens with zero attached hydrogens (tertiary/aromatic N) is 2. The first kappa shape index (κ1) is 30.2. The van der Waals surface area contributed by atoms with Crippen LogP contribution in [0.25, 0.3) is 0 Å². The molecule has 2 amide bonds. The smallest absolute Gasteiger partial charge is 0.264 e. The number of anilines is 1. The summed E-state index contributed by atoms with van der Waals surface area (Å²) >= 11 is 6.21. The van der Waals surface area contributed by atoms with Crippen LogP contribution < -0.4 is 9.62 Å². The van der Waals surface area contributed by atoms with Gasteiger partial charge in [-0.2, -0.15) is 0 Å². The van der Waals surface area contributed by atoms with Crippen molar-refractivity contribution >= 4 is 39.1 Å². The number of amides is 2. The topological polar surface area (TPSA) is 86.8 Å². The van der Waals surface area contributed by atoms with Gasteiger partial charge in [0.15, 0.2) is 0 Å². The fraction of sp³-hybridized carbons (Fsp3) is 0.333. The molecule has 0 saturated heterocycles. The SMILES string of the molecule is CCC(C)NC(=O)C(C)N(Cc1ccccc1C)C(=O)CN(c1cccc(Cl)c1)S(=O)(=O)c1ccc(C)cc1. The standard InChI is InChI=1S/C30H36ClN3O4S/c1-6-23(4)32-30(36)24(5)33(19-25-11-8-7-10-22(25)3)29(35)20-34(27-13-9-12-26(31)18-27)39(37,38)28-16-14-21(2)15-17-28/h7-18,23-24H,6,19-20H2,1-5H3,(H,32,36). The van der Waals surface area contributed by atoms with Crippen LogP contribution in [0.3, 0.4) is 0 Å². The lowest BCUT2D eigenvalue weighted by atomic mass is 10.1. The van der Waals surface area contributed by atoms with Crippen molar-refractivity contribution in [1.82, 2.24) is 10.2 Å². The van der Waals surface area contributed by atoms with E-state index in [1.807, 2.05) is 52.0 Å². The summed E-state index contributed by atoms with van der Waals surface area (Å²) < 4.78 is 28.7. The minimum atomic E-state index is -4.14. The molecule has 0 saturated carbocycles. The Labute approximate surface area is 236 Å². The Kier molecular flexibility index (Phi) is 10.2. The van der Waals surface area contributed by atoms with Crippen LogP contribution >= 0.6 is 11.6 Å². The van der Waals surface area contributed by atoms with E-state index in [9.17, 15) is 18.0 Å². The Bertz CT molecular complexity index is 1410. The van der Waals surface area contributed by atoms with Crippen molar-refractivity contribution in [2.45, 2.75) is 64.6 Å². The van der Waals surface area contributed by atoms with Gasteiger partial charge < -0.3 is 10.2 Å². The van der Waals surface area contributed by atoms with E-state index in [2.05, 4.69) is 5.32 Å². The Morgan fingerprint density at radius 2 is 1.62 bits per heavy atom. The van der Waals surface area contributed by atoms with Gasteiger partial charge in [0.25, 0.3) is 10.0 Å². The zero-order valence-corrected chi connectivity index (χ0v) is 24.6. The Balaban J connectivity index is 2.04. The number of aryl methyl sites for hydroxylation is 2. The third-order valence-electron chi connectivity index (χ3n) is 6.75. The molecule has 0 fully saturated rings. The van der Waals surface area contributed by atoms with E-state index in [1.165, 1.54) is 23.1 Å². The Hall–Kier alpha value is -3.36. The number of halogens is 1. The van der Waals surface area contributed by atoms with Crippen LogP contribution in [0.1, 0.15) is 43.9 Å². The van der Waals surface area contributed by atoms with Gasteiger partial charge in [-0.25, -0.2) is 8.42 Å². The Morgan fingerprint density at radius 1 is 0.949 bits per heavy atom. The van der Waals surface area contributed by atoms with Gasteiger partial charge in [-0.15, -0.1) is 0 Å². The summed E-state index contributed by atoms with van der Waals surface area (Å²) in [6, 6.07) is 19.5. The molecule has 3 aromatic carbocycles. The molecule has 1 N–H and O–H groups in total. The summed E-state index contributed by atoms with van der Waals surface area (Å²) in [6.45, 7) is 8.95. The fourth-order valence-electron chi connectivity index (χ4n) is 4.02. The minimum absolute atomic E-state index is 0.0499. The zero-order valence-electron chi connectivity index (χ0n) is 23.0. The molecule has 39 heavy (non-hydrogen) atoms. The van der Waals surface area contributed by atoms with Gasteiger partial charge in [-0.3, -0.25) is 13.9 Å². The van der Waals surface area contributed by atoms with Crippen LogP contribution in [-0.2, 0) is 26.2 Å². The summed E-state index contributed by atoms with van der Waals surface area (Å²) in [7, 11) is -4.14. The highest BCUT2D eigenvalue weighted by Gasteiger charge is 2.33. The van der Waals surface area contributed by atoms with Crippen LogP contribution in [-0.4, -0.2) is 43.8 Å². The van der Waals surface area contributed by atoms with Crippen LogP contribution in [0.4, 0.5) is 5.69 Å². The molecule has 3 rings (SSSR count). The second kappa shape index (κ2) is 13.1. The van der Waals surface area contributed by atoms with E-state index in [0.29, 0.717) is 5.02 Å². The first-order chi connectivity index (χ1) is 18.4. The van der Waals surface area contributed by atoms with Crippen molar-refractivity contribution in [3.8, 4) is 0 Å². The Morgan fingerprint density at radius 3 is 2.23 bits per heavy atom. The van der Waals surface area contributed by atoms with Crippen LogP contribution in [0.2, 0.25) is 5.02 Å². The molecule has 208 valence electrons. The van der Waals surface area contributed by atoms with E-state index in [-0.39, 0.29) is 29.1 Å². The van der Waals surface area contributed by atoms with Gasteiger partial charge in [0, 0.05) is 17.6 Å². The largest absolute Gasteiger partial charge is 0.352 e. The molecule has 0 radical (unpaired) electrons. The van der Waals surface area contributed by atoms with E-state index in [0.717, 1.165) is 27.4 Å². The van der Waals surface area contributed by atoms with Gasteiger partial charge in [0.05, 0.1) is 10.6 Å². The van der Waals surface area contributed by atoms with Crippen LogP contribution in [0.15, 0.2) is 77.7 Å². The normalized spacial score (nSPS) is 12.9. The molecule has 0 aliphatic carbocycles. The lowest BCUT2D eigenvalue weighted by Crippen LogP contribution is -2.52. The lowest BCUT2D eigenvalue weighted by Gasteiger charge is -2.32. The number of hydrogen-bond donors (Lipinski definition) is 1. The van der Waals surface area contributed by atoms with Gasteiger partial charge in [-0.1, -0.05) is 66.6 Å². The predicted molar refractivity (Wildman–Crippen MR) is 156 cm³/mol. The number of hydrogen-bond acceptors (Lipinski definition) is 4. The van der Waals surface area contributed by atoms with E-state index >= 15 is 0 Å². The van der Waals surface area contributed by atoms with Gasteiger partial charge in [0.1, 0.15) is 12.6 Å². The van der Waals surface area contributed by atoms with Crippen LogP contribution in [0.5, 0.6) is 0 Å². The summed E-state index contributed by atoms with van der Waals surface area (Å²) in [5.74, 6) is -0.817. The molecule has 0 aliphatic heterocycles. The maximum atomic E-state index is 14.0. The maximum Gasteiger partial charge on any atom is 0.264 e. The average molecular weight is 570 g/mol. The quantitative estimate of drug-likeness (QED) is 0.331. The zero-order chi connectivity index (χ0) is 28.7. The predicted octanol–water partition coefficient (Wildman–Crippen LogP) is 5.48. The summed E-state index contributed by atoms with van der Waals surface area (Å²) in [5, 5.41) is 3.27. The molecular weight excluding hydrogens is 534 g/mol. The molecule has 3 aromatic rings. The highest BCUT2D eigenvalue weighted by atomic mass is 35.5. The molecule has 0 bridgehead atoms. The second-order valence-corrected chi connectivity index (χ2v) is 12.0. The van der Waals surface area contributed by atoms with E-state index in [4.69, 9.17) is 11.6 Å². The third kappa shape index (κ3) is 7.61. The molecule has 9 heteroatoms. The number of rotatable bonds is 11. The first-order valence-corrected chi connectivity index (χ1v) is 14.7. The number of benzene rings is 3. The van der Waals surface area contributed by atoms with Crippen molar-refractivity contribution in [1.29, 1.82) is 0 Å². The maximum absolute atomic E-state index is 14.0. The first-order valence-electron chi connectivity index (χ1n) is 12.9. The van der Waals surface area contributed by atoms with Crippen molar-refractivity contribution in [3.63, 3.8) is 0 Å². The number of sulfonamides is 1. The molecule has 2 unspecified atom stereocenters. The van der Waals surface area contributed by atoms with Crippen molar-refractivity contribution in [2.24, 2.45) is 0 Å². The van der Waals surface area contributed by atoms with Gasteiger partial charge in [-0.05, 0) is 75.6 Å². The van der Waals surface area contributed by atoms with Crippen molar-refractivity contribution < 1.29 is 18.0 Å². The summed E-state index contributed by atoms with van der Waals surface area (Å²) in [6.07, 6.45) is 0.738. The van der Waals surface area contributed by atoms with Crippen LogP contribution in [0, 0.1) is 13.8 Å². The highest BCUT2D eigenvalue weighted by molar-refractivity contribution is 7.92. The molecule has 0 heterocycles. The monoisotopic (exact) mass is 569 g/mol. The van der Waals surface area contributed by atoms with Crippen molar-refractivity contribution in [2.75, 3.05) is 10.8 Å². The number of nitrogens with one attached hydrogen (secondary N) is 1. The highest BCUT2D eigenvalue weighted by Crippen LogP contribution is 2.27. The van der Waals surface area contributed by atoms with Gasteiger partial charge in [0.2, 0.25) is 11.8 Å². The minimum Gasteiger partial charge on any atom is -0.352 e. The van der Waals surface area contributed by atoms with E-state index < -0.39 is 28.5 Å². The number of carbonyl (C=O) groups is 2. The number of carbonyl (C=O) groups excluding carboxylic acids is 2. The third-order valence-corrected chi connectivity index (χ3v) is 8.78. The molecule has 0 aromatic heterocycles. The molecule has 0 spiro atoms. The average Bonchev–Trinajstić information content (AvgIpc) is 2.90. The summed E-state index contributed by atoms with van der Waals surface area (Å²) in [5.41, 5.74) is 2.99. The van der Waals surface area contributed by atoms with Crippen molar-refractivity contribution in [3.05, 3.63) is 94.5 Å². The van der Waals surface area contributed by atoms with E-state index in [1.54, 1.807) is 37.3 Å². The molecule has 7 nitrogen and oxygen atoms in total. The lowest BCUT2D eigenvalue weighted by molar-refractivity contribution is -0.139. The van der Waals surface area contributed by atoms with Gasteiger partial charge >= 0.3 is 0 Å². The molecule has 2 atom stereocenters. The second-order valence-electron chi connectivity index (χ2n) is 9.75. The molecular formula is C30H36ClN3O4S.